The van der Waals surface area contributed by atoms with Gasteiger partial charge in [0.25, 0.3) is 0 Å². The van der Waals surface area contributed by atoms with Crippen LogP contribution in [0.25, 0.3) is 0 Å². The lowest BCUT2D eigenvalue weighted by Gasteiger charge is -2.19. The predicted octanol–water partition coefficient (Wildman–Crippen LogP) is 3.08. The van der Waals surface area contributed by atoms with Gasteiger partial charge in [0.2, 0.25) is 0 Å². The second-order valence-electron chi connectivity index (χ2n) is 5.21. The number of rotatable bonds is 7. The first-order valence-corrected chi connectivity index (χ1v) is 7.54. The summed E-state index contributed by atoms with van der Waals surface area (Å²) in [6.45, 7) is 0.497. The van der Waals surface area contributed by atoms with Crippen LogP contribution in [0.4, 0.5) is 10.5 Å². The van der Waals surface area contributed by atoms with Crippen molar-refractivity contribution in [2.45, 2.75) is 19.1 Å². The molecule has 0 aromatic heterocycles. The monoisotopic (exact) mass is 314 g/mol. The number of carbonyl (C=O) groups is 1. The highest BCUT2D eigenvalue weighted by Gasteiger charge is 2.14. The van der Waals surface area contributed by atoms with Crippen molar-refractivity contribution in [1.82, 2.24) is 5.32 Å². The van der Waals surface area contributed by atoms with Crippen LogP contribution in [0.2, 0.25) is 0 Å². The second-order valence-corrected chi connectivity index (χ2v) is 5.21. The summed E-state index contributed by atoms with van der Waals surface area (Å²) in [7, 11) is 1.63. The number of benzene rings is 2. The summed E-state index contributed by atoms with van der Waals surface area (Å²) < 4.78 is 5.09. The largest absolute Gasteiger partial charge is 0.396 e. The molecular formula is C18H22N2O3. The molecule has 0 radical (unpaired) electrons. The molecule has 2 amide bonds. The molecule has 122 valence electrons. The smallest absolute Gasteiger partial charge is 0.319 e. The van der Waals surface area contributed by atoms with Crippen molar-refractivity contribution in [2.75, 3.05) is 19.0 Å². The molecule has 0 aliphatic heterocycles. The number of amides is 2. The molecule has 0 aliphatic rings. The Kier molecular flexibility index (Phi) is 6.59. The van der Waals surface area contributed by atoms with Crippen molar-refractivity contribution < 1.29 is 14.6 Å². The number of anilines is 1. The van der Waals surface area contributed by atoms with Gasteiger partial charge in [-0.05, 0) is 29.7 Å². The highest BCUT2D eigenvalue weighted by molar-refractivity contribution is 5.89. The zero-order valence-electron chi connectivity index (χ0n) is 13.2. The number of ether oxygens (including phenoxy) is 1. The molecule has 0 saturated heterocycles. The van der Waals surface area contributed by atoms with E-state index in [2.05, 4.69) is 10.6 Å². The van der Waals surface area contributed by atoms with E-state index >= 15 is 0 Å². The van der Waals surface area contributed by atoms with E-state index in [9.17, 15) is 9.90 Å². The second kappa shape index (κ2) is 8.92. The third-order valence-electron chi connectivity index (χ3n) is 3.42. The van der Waals surface area contributed by atoms with E-state index in [-0.39, 0.29) is 18.7 Å². The Balaban J connectivity index is 2.00. The van der Waals surface area contributed by atoms with Gasteiger partial charge in [-0.2, -0.15) is 0 Å². The predicted molar refractivity (Wildman–Crippen MR) is 90.2 cm³/mol. The molecule has 0 spiro atoms. The van der Waals surface area contributed by atoms with Crippen molar-refractivity contribution >= 4 is 11.7 Å². The van der Waals surface area contributed by atoms with Gasteiger partial charge < -0.3 is 20.5 Å². The van der Waals surface area contributed by atoms with E-state index in [1.54, 1.807) is 7.11 Å². The summed E-state index contributed by atoms with van der Waals surface area (Å²) in [6.07, 6.45) is 0.459. The molecule has 5 nitrogen and oxygen atoms in total. The molecule has 2 aromatic carbocycles. The third kappa shape index (κ3) is 5.39. The number of hydrogen-bond acceptors (Lipinski definition) is 3. The van der Waals surface area contributed by atoms with Crippen LogP contribution in [0.15, 0.2) is 54.6 Å². The quantitative estimate of drug-likeness (QED) is 0.735. The summed E-state index contributed by atoms with van der Waals surface area (Å²) in [6, 6.07) is 16.6. The summed E-state index contributed by atoms with van der Waals surface area (Å²) in [5.41, 5.74) is 2.65. The lowest BCUT2D eigenvalue weighted by Crippen LogP contribution is -2.33. The number of methoxy groups -OCH3 is 1. The summed E-state index contributed by atoms with van der Waals surface area (Å²) in [5, 5.41) is 14.9. The Hall–Kier alpha value is -2.37. The molecule has 2 aromatic rings. The molecule has 3 N–H and O–H groups in total. The first-order chi connectivity index (χ1) is 11.2. The van der Waals surface area contributed by atoms with E-state index in [0.717, 1.165) is 11.1 Å². The fourth-order valence-electron chi connectivity index (χ4n) is 2.37. The molecule has 0 bridgehead atoms. The van der Waals surface area contributed by atoms with Crippen LogP contribution in [-0.2, 0) is 11.3 Å². The maximum atomic E-state index is 12.2. The highest BCUT2D eigenvalue weighted by Crippen LogP contribution is 2.17. The lowest BCUT2D eigenvalue weighted by atomic mass is 10.0. The van der Waals surface area contributed by atoms with E-state index in [4.69, 9.17) is 4.74 Å². The molecule has 0 aliphatic carbocycles. The highest BCUT2D eigenvalue weighted by atomic mass is 16.5. The summed E-state index contributed by atoms with van der Waals surface area (Å²) in [5.74, 6) is 0. The molecule has 0 heterocycles. The topological polar surface area (TPSA) is 70.6 Å². The number of hydrogen-bond donors (Lipinski definition) is 3. The van der Waals surface area contributed by atoms with Crippen LogP contribution >= 0.6 is 0 Å². The Morgan fingerprint density at radius 3 is 2.65 bits per heavy atom. The Morgan fingerprint density at radius 1 is 1.17 bits per heavy atom. The van der Waals surface area contributed by atoms with E-state index in [1.807, 2.05) is 54.6 Å². The zero-order valence-corrected chi connectivity index (χ0v) is 13.2. The van der Waals surface area contributed by atoms with Crippen molar-refractivity contribution in [2.24, 2.45) is 0 Å². The number of urea groups is 1. The van der Waals surface area contributed by atoms with Crippen LogP contribution in [-0.4, -0.2) is 24.9 Å². The van der Waals surface area contributed by atoms with E-state index in [1.165, 1.54) is 0 Å². The number of carbonyl (C=O) groups excluding carboxylic acids is 1. The number of aliphatic hydroxyl groups excluding tert-OH is 1. The van der Waals surface area contributed by atoms with Gasteiger partial charge >= 0.3 is 6.03 Å². The molecule has 2 rings (SSSR count). The number of nitrogens with one attached hydrogen (secondary N) is 2. The minimum atomic E-state index is -0.304. The summed E-state index contributed by atoms with van der Waals surface area (Å²) >= 11 is 0. The standard InChI is InChI=1S/C18H22N2O3/c1-23-13-14-6-5-9-16(12-14)19-18(22)20-17(10-11-21)15-7-3-2-4-8-15/h2-9,12,17,21H,10-11,13H2,1H3,(H2,19,20,22)/t17-/m1/s1. The Morgan fingerprint density at radius 2 is 1.96 bits per heavy atom. The van der Waals surface area contributed by atoms with Crippen molar-refractivity contribution in [1.29, 1.82) is 0 Å². The van der Waals surface area contributed by atoms with Crippen molar-refractivity contribution in [3.8, 4) is 0 Å². The molecule has 0 fully saturated rings. The maximum absolute atomic E-state index is 12.2. The van der Waals surface area contributed by atoms with Gasteiger partial charge in [-0.1, -0.05) is 42.5 Å². The van der Waals surface area contributed by atoms with Crippen LogP contribution < -0.4 is 10.6 Å². The van der Waals surface area contributed by atoms with Gasteiger partial charge in [0.05, 0.1) is 12.6 Å². The molecule has 1 atom stereocenters. The summed E-state index contributed by atoms with van der Waals surface area (Å²) in [4.78, 5) is 12.2. The molecule has 0 unspecified atom stereocenters. The first kappa shape index (κ1) is 17.0. The van der Waals surface area contributed by atoms with Crippen molar-refractivity contribution in [3.05, 3.63) is 65.7 Å². The first-order valence-electron chi connectivity index (χ1n) is 7.54. The van der Waals surface area contributed by atoms with Crippen LogP contribution in [0.3, 0.4) is 0 Å². The minimum Gasteiger partial charge on any atom is -0.396 e. The van der Waals surface area contributed by atoms with Gasteiger partial charge in [-0.15, -0.1) is 0 Å². The van der Waals surface area contributed by atoms with E-state index < -0.39 is 0 Å². The van der Waals surface area contributed by atoms with Crippen LogP contribution in [0.5, 0.6) is 0 Å². The van der Waals surface area contributed by atoms with Gasteiger partial charge in [0.15, 0.2) is 0 Å². The SMILES string of the molecule is COCc1cccc(NC(=O)N[C@H](CCO)c2ccccc2)c1. The van der Waals surface area contributed by atoms with Crippen molar-refractivity contribution in [3.63, 3.8) is 0 Å². The maximum Gasteiger partial charge on any atom is 0.319 e. The van der Waals surface area contributed by atoms with Gasteiger partial charge in [0.1, 0.15) is 0 Å². The van der Waals surface area contributed by atoms with Gasteiger partial charge in [0, 0.05) is 19.4 Å². The van der Waals surface area contributed by atoms with E-state index in [0.29, 0.717) is 18.7 Å². The van der Waals surface area contributed by atoms with Gasteiger partial charge in [-0.3, -0.25) is 0 Å². The van der Waals surface area contributed by atoms with Crippen LogP contribution in [0.1, 0.15) is 23.6 Å². The Bertz CT molecular complexity index is 617. The van der Waals surface area contributed by atoms with Crippen LogP contribution in [0, 0.1) is 0 Å². The fraction of sp³-hybridized carbons (Fsp3) is 0.278. The average Bonchev–Trinajstić information content (AvgIpc) is 2.56. The molecule has 5 heteroatoms. The van der Waals surface area contributed by atoms with Gasteiger partial charge in [-0.25, -0.2) is 4.79 Å². The minimum absolute atomic E-state index is 0.00314. The average molecular weight is 314 g/mol. The molecular weight excluding hydrogens is 292 g/mol. The third-order valence-corrected chi connectivity index (χ3v) is 3.42. The number of aliphatic hydroxyl groups is 1. The Labute approximate surface area is 136 Å². The zero-order chi connectivity index (χ0) is 16.5. The normalized spacial score (nSPS) is 11.7. The lowest BCUT2D eigenvalue weighted by molar-refractivity contribution is 0.185. The molecule has 0 saturated carbocycles. The fourth-order valence-corrected chi connectivity index (χ4v) is 2.37. The molecule has 23 heavy (non-hydrogen) atoms.